The highest BCUT2D eigenvalue weighted by Gasteiger charge is 2.46. The molecule has 3 aromatic rings. The van der Waals surface area contributed by atoms with E-state index in [1.807, 2.05) is 25.1 Å². The number of nitrogens with zero attached hydrogens (tertiary/aromatic N) is 2. The number of carbonyl (C=O) groups excluding carboxylic acids is 4. The third kappa shape index (κ3) is 6.66. The number of ether oxygens (including phenoxy) is 3. The molecule has 1 heterocycles. The van der Waals surface area contributed by atoms with Crippen molar-refractivity contribution in [2.45, 2.75) is 32.7 Å². The Morgan fingerprint density at radius 2 is 1.66 bits per heavy atom. The Morgan fingerprint density at radius 1 is 0.927 bits per heavy atom. The maximum absolute atomic E-state index is 13.6. The van der Waals surface area contributed by atoms with Crippen molar-refractivity contribution in [3.8, 4) is 11.5 Å². The molecule has 10 nitrogen and oxygen atoms in total. The van der Waals surface area contributed by atoms with E-state index in [1.54, 1.807) is 69.7 Å². The van der Waals surface area contributed by atoms with Crippen molar-refractivity contribution in [1.29, 1.82) is 0 Å². The highest BCUT2D eigenvalue weighted by Crippen LogP contribution is 2.30. The predicted octanol–water partition coefficient (Wildman–Crippen LogP) is 4.60. The summed E-state index contributed by atoms with van der Waals surface area (Å²) < 4.78 is 15.7. The molecule has 0 spiro atoms. The maximum Gasteiger partial charge on any atom is 0.338 e. The lowest BCUT2D eigenvalue weighted by atomic mass is 10.1. The van der Waals surface area contributed by atoms with E-state index < -0.39 is 29.9 Å². The third-order valence-corrected chi connectivity index (χ3v) is 6.73. The Hall–Kier alpha value is -4.86. The van der Waals surface area contributed by atoms with Gasteiger partial charge in [0, 0.05) is 12.2 Å². The Labute approximate surface area is 238 Å². The first-order valence-electron chi connectivity index (χ1n) is 13.2. The van der Waals surface area contributed by atoms with Crippen molar-refractivity contribution in [3.05, 3.63) is 83.4 Å². The van der Waals surface area contributed by atoms with Crippen LogP contribution in [0.4, 0.5) is 16.2 Å². The SMILES string of the molecule is CCOC(=O)c1ccc(NC(=O)CC2C(=O)N(c3cccc(C)c3)C(=O)N2CCc2ccc(OC)c(OC)c2)cc1. The zero-order chi connectivity index (χ0) is 29.5. The van der Waals surface area contributed by atoms with E-state index in [0.717, 1.165) is 16.0 Å². The summed E-state index contributed by atoms with van der Waals surface area (Å²) in [5.41, 5.74) is 3.03. The molecule has 41 heavy (non-hydrogen) atoms. The molecular formula is C31H33N3O7. The zero-order valence-corrected chi connectivity index (χ0v) is 23.5. The van der Waals surface area contributed by atoms with Crippen LogP contribution in [-0.4, -0.2) is 62.1 Å². The number of imide groups is 1. The lowest BCUT2D eigenvalue weighted by molar-refractivity contribution is -0.124. The summed E-state index contributed by atoms with van der Waals surface area (Å²) in [6.07, 6.45) is 0.187. The van der Waals surface area contributed by atoms with E-state index in [4.69, 9.17) is 14.2 Å². The molecule has 10 heteroatoms. The van der Waals surface area contributed by atoms with Crippen molar-refractivity contribution in [3.63, 3.8) is 0 Å². The highest BCUT2D eigenvalue weighted by atomic mass is 16.5. The fourth-order valence-corrected chi connectivity index (χ4v) is 4.67. The first-order valence-corrected chi connectivity index (χ1v) is 13.2. The highest BCUT2D eigenvalue weighted by molar-refractivity contribution is 6.22. The summed E-state index contributed by atoms with van der Waals surface area (Å²) in [5, 5.41) is 2.76. The summed E-state index contributed by atoms with van der Waals surface area (Å²) in [4.78, 5) is 54.7. The van der Waals surface area contributed by atoms with Crippen LogP contribution >= 0.6 is 0 Å². The number of carbonyl (C=O) groups is 4. The quantitative estimate of drug-likeness (QED) is 0.270. The van der Waals surface area contributed by atoms with Gasteiger partial charge in [0.15, 0.2) is 11.5 Å². The molecule has 1 fully saturated rings. The van der Waals surface area contributed by atoms with Crippen LogP contribution in [0.3, 0.4) is 0 Å². The van der Waals surface area contributed by atoms with Gasteiger partial charge in [0.1, 0.15) is 6.04 Å². The second-order valence-corrected chi connectivity index (χ2v) is 9.49. The lowest BCUT2D eigenvalue weighted by Crippen LogP contribution is -2.39. The van der Waals surface area contributed by atoms with Gasteiger partial charge in [-0.2, -0.15) is 0 Å². The van der Waals surface area contributed by atoms with Crippen LogP contribution in [0.25, 0.3) is 0 Å². The van der Waals surface area contributed by atoms with E-state index in [1.165, 1.54) is 4.90 Å². The number of nitrogens with one attached hydrogen (secondary N) is 1. The van der Waals surface area contributed by atoms with Crippen molar-refractivity contribution in [1.82, 2.24) is 4.90 Å². The molecule has 0 bridgehead atoms. The smallest absolute Gasteiger partial charge is 0.338 e. The van der Waals surface area contributed by atoms with Crippen LogP contribution in [0.1, 0.15) is 34.8 Å². The summed E-state index contributed by atoms with van der Waals surface area (Å²) >= 11 is 0. The molecule has 214 valence electrons. The number of rotatable bonds is 11. The van der Waals surface area contributed by atoms with Gasteiger partial charge in [0.2, 0.25) is 5.91 Å². The molecule has 3 aromatic carbocycles. The van der Waals surface area contributed by atoms with Gasteiger partial charge in [-0.05, 0) is 79.9 Å². The minimum atomic E-state index is -0.998. The van der Waals surface area contributed by atoms with E-state index >= 15 is 0 Å². The van der Waals surface area contributed by atoms with Crippen LogP contribution in [0.5, 0.6) is 11.5 Å². The van der Waals surface area contributed by atoms with E-state index in [9.17, 15) is 19.2 Å². The molecule has 1 unspecified atom stereocenters. The topological polar surface area (TPSA) is 114 Å². The first kappa shape index (κ1) is 29.1. The van der Waals surface area contributed by atoms with Crippen LogP contribution in [-0.2, 0) is 20.7 Å². The maximum atomic E-state index is 13.6. The van der Waals surface area contributed by atoms with Crippen molar-refractivity contribution < 1.29 is 33.4 Å². The van der Waals surface area contributed by atoms with Gasteiger partial charge >= 0.3 is 12.0 Å². The molecule has 0 aliphatic carbocycles. The molecular weight excluding hydrogens is 526 g/mol. The fourth-order valence-electron chi connectivity index (χ4n) is 4.67. The first-order chi connectivity index (χ1) is 19.7. The number of benzene rings is 3. The average molecular weight is 560 g/mol. The molecule has 1 N–H and O–H groups in total. The molecule has 4 rings (SSSR count). The molecule has 1 saturated heterocycles. The van der Waals surface area contributed by atoms with Crippen molar-refractivity contribution in [2.75, 3.05) is 37.6 Å². The van der Waals surface area contributed by atoms with Gasteiger partial charge in [-0.1, -0.05) is 18.2 Å². The van der Waals surface area contributed by atoms with Gasteiger partial charge in [-0.3, -0.25) is 9.59 Å². The van der Waals surface area contributed by atoms with Crippen LogP contribution in [0.2, 0.25) is 0 Å². The number of amides is 4. The Morgan fingerprint density at radius 3 is 2.32 bits per heavy atom. The summed E-state index contributed by atoms with van der Waals surface area (Å²) in [7, 11) is 3.10. The lowest BCUT2D eigenvalue weighted by Gasteiger charge is -2.22. The molecule has 1 aliphatic rings. The number of anilines is 2. The number of hydrogen-bond acceptors (Lipinski definition) is 7. The van der Waals surface area contributed by atoms with Gasteiger partial charge in [0.25, 0.3) is 5.91 Å². The molecule has 0 aromatic heterocycles. The molecule has 1 atom stereocenters. The zero-order valence-electron chi connectivity index (χ0n) is 23.5. The second kappa shape index (κ2) is 13.0. The molecule has 0 saturated carbocycles. The van der Waals surface area contributed by atoms with Crippen LogP contribution < -0.4 is 19.7 Å². The minimum Gasteiger partial charge on any atom is -0.493 e. The van der Waals surface area contributed by atoms with E-state index in [2.05, 4.69) is 5.32 Å². The van der Waals surface area contributed by atoms with Crippen molar-refractivity contribution >= 4 is 35.2 Å². The third-order valence-electron chi connectivity index (χ3n) is 6.73. The number of hydrogen-bond donors (Lipinski definition) is 1. The number of aryl methyl sites for hydroxylation is 1. The summed E-state index contributed by atoms with van der Waals surface area (Å²) in [5.74, 6) is -0.232. The van der Waals surface area contributed by atoms with Gasteiger partial charge in [-0.15, -0.1) is 0 Å². The second-order valence-electron chi connectivity index (χ2n) is 9.49. The molecule has 1 aliphatic heterocycles. The van der Waals surface area contributed by atoms with E-state index in [0.29, 0.717) is 34.9 Å². The normalized spacial score (nSPS) is 14.7. The van der Waals surface area contributed by atoms with Crippen LogP contribution in [0, 0.1) is 6.92 Å². The predicted molar refractivity (Wildman–Crippen MR) is 153 cm³/mol. The van der Waals surface area contributed by atoms with Gasteiger partial charge in [0.05, 0.1) is 38.5 Å². The number of methoxy groups -OCH3 is 2. The number of urea groups is 1. The van der Waals surface area contributed by atoms with Crippen LogP contribution in [0.15, 0.2) is 66.7 Å². The molecule has 0 radical (unpaired) electrons. The standard InChI is InChI=1S/C31H33N3O7/c1-5-41-30(37)22-10-12-23(13-11-22)32-28(35)19-25-29(36)34(24-8-6-7-20(2)17-24)31(38)33(25)16-15-21-9-14-26(39-3)27(18-21)40-4/h6-14,17-18,25H,5,15-16,19H2,1-4H3,(H,32,35). The van der Waals surface area contributed by atoms with E-state index in [-0.39, 0.29) is 19.6 Å². The Bertz CT molecular complexity index is 1440. The minimum absolute atomic E-state index is 0.203. The Kier molecular flexibility index (Phi) is 9.23. The summed E-state index contributed by atoms with van der Waals surface area (Å²) in [6, 6.07) is 17.4. The number of esters is 1. The average Bonchev–Trinajstić information content (AvgIpc) is 3.19. The molecule has 4 amide bonds. The van der Waals surface area contributed by atoms with Gasteiger partial charge < -0.3 is 24.4 Å². The largest absolute Gasteiger partial charge is 0.493 e. The summed E-state index contributed by atoms with van der Waals surface area (Å²) in [6.45, 7) is 4.06. The van der Waals surface area contributed by atoms with Gasteiger partial charge in [-0.25, -0.2) is 14.5 Å². The monoisotopic (exact) mass is 559 g/mol. The van der Waals surface area contributed by atoms with Crippen molar-refractivity contribution in [2.24, 2.45) is 0 Å². The Balaban J connectivity index is 1.53. The fraction of sp³-hybridized carbons (Fsp3) is 0.290.